The Bertz CT molecular complexity index is 683. The molecule has 3 aliphatic heterocycles. The van der Waals surface area contributed by atoms with Gasteiger partial charge in [0.1, 0.15) is 30.9 Å². The predicted octanol–water partition coefficient (Wildman–Crippen LogP) is -3.77. The number of nitrogens with one attached hydrogen (secondary N) is 1. The summed E-state index contributed by atoms with van der Waals surface area (Å²) in [5, 5.41) is 14.8. The van der Waals surface area contributed by atoms with E-state index in [0.29, 0.717) is 12.4 Å². The number of fused-ring (bicyclic) bond motifs is 1. The molecule has 0 spiro atoms. The third-order valence-corrected chi connectivity index (χ3v) is 6.14. The van der Waals surface area contributed by atoms with Crippen LogP contribution < -0.4 is 23.0 Å². The molecule has 3 aliphatic rings. The number of rotatable bonds is 5. The topological polar surface area (TPSA) is 117 Å². The molecule has 6 atom stereocenters. The third-order valence-electron chi connectivity index (χ3n) is 4.87. The molecular weight excluding hydrogens is 398 g/mol. The van der Waals surface area contributed by atoms with Crippen LogP contribution in [0, 0.1) is 10.1 Å². The van der Waals surface area contributed by atoms with Gasteiger partial charge in [-0.1, -0.05) is 30.3 Å². The second-order valence-electron chi connectivity index (χ2n) is 6.54. The van der Waals surface area contributed by atoms with Gasteiger partial charge in [-0.15, -0.1) is 21.9 Å². The zero-order valence-corrected chi connectivity index (χ0v) is 15.8. The fourth-order valence-electron chi connectivity index (χ4n) is 3.62. The van der Waals surface area contributed by atoms with Gasteiger partial charge in [0.2, 0.25) is 0 Å². The highest BCUT2D eigenvalue weighted by Gasteiger charge is 2.52. The monoisotopic (exact) mass is 417 g/mol. The second kappa shape index (κ2) is 8.72. The normalized spacial score (nSPS) is 34.7. The van der Waals surface area contributed by atoms with Crippen molar-refractivity contribution in [2.75, 3.05) is 19.0 Å². The van der Waals surface area contributed by atoms with E-state index >= 15 is 0 Å². The first-order chi connectivity index (χ1) is 12.6. The number of hydrogen-bond donors (Lipinski definition) is 2. The van der Waals surface area contributed by atoms with Crippen LogP contribution in [0.15, 0.2) is 30.3 Å². The number of amides is 1. The average Bonchev–Trinajstić information content (AvgIpc) is 3.34. The molecule has 3 fully saturated rings. The molecule has 1 aromatic rings. The van der Waals surface area contributed by atoms with Crippen molar-refractivity contribution in [2.45, 2.75) is 35.8 Å². The first-order valence-corrected chi connectivity index (χ1v) is 9.52. The van der Waals surface area contributed by atoms with Gasteiger partial charge in [-0.3, -0.25) is 10.6 Å². The van der Waals surface area contributed by atoms with E-state index in [2.05, 4.69) is 10.2 Å². The van der Waals surface area contributed by atoms with E-state index in [4.69, 9.17) is 9.47 Å². The lowest BCUT2D eigenvalue weighted by Crippen LogP contribution is -3.00. The van der Waals surface area contributed by atoms with Crippen molar-refractivity contribution >= 4 is 17.7 Å². The van der Waals surface area contributed by atoms with Crippen molar-refractivity contribution < 1.29 is 41.9 Å². The summed E-state index contributed by atoms with van der Waals surface area (Å²) >= 11 is 1.71. The zero-order valence-electron chi connectivity index (χ0n) is 14.2. The summed E-state index contributed by atoms with van der Waals surface area (Å²) in [5.74, 6) is 0.706. The number of primary amides is 1. The van der Waals surface area contributed by atoms with E-state index in [9.17, 15) is 14.9 Å². The Kier molecular flexibility index (Phi) is 6.56. The quantitative estimate of drug-likeness (QED) is 0.370. The van der Waals surface area contributed by atoms with Crippen LogP contribution in [0.1, 0.15) is 10.9 Å². The van der Waals surface area contributed by atoms with Crippen molar-refractivity contribution in [3.63, 3.8) is 0 Å². The highest BCUT2D eigenvalue weighted by Crippen LogP contribution is 2.32. The minimum Gasteiger partial charge on any atom is -1.00 e. The van der Waals surface area contributed by atoms with Gasteiger partial charge < -0.3 is 26.7 Å². The largest absolute Gasteiger partial charge is 1.00 e. The lowest BCUT2D eigenvalue weighted by Gasteiger charge is -2.16. The minimum absolute atomic E-state index is 0. The van der Waals surface area contributed by atoms with Crippen LogP contribution in [0.3, 0.4) is 0 Å². The molecule has 3 N–H and O–H groups in total. The van der Waals surface area contributed by atoms with E-state index in [1.807, 2.05) is 30.3 Å². The Labute approximate surface area is 166 Å². The summed E-state index contributed by atoms with van der Waals surface area (Å²) in [6.07, 6.45) is -1.61. The Morgan fingerprint density at radius 3 is 2.74 bits per heavy atom. The number of nitrogens with zero attached hydrogens (tertiary/aromatic N) is 1. The lowest BCUT2D eigenvalue weighted by molar-refractivity contribution is -0.769. The SMILES string of the molecule is O=C([NH2+][C@H]1CO[C@H]2[C@@H]1OC[C@@H]2O[N+](=O)[O-])[C@@H]1CS[C@H](c2ccccc2)N1.[Cl-]. The number of carbonyl (C=O) groups excluding carboxylic acids is 1. The number of quaternary nitrogens is 1. The van der Waals surface area contributed by atoms with Gasteiger partial charge in [-0.05, 0) is 5.56 Å². The molecule has 3 saturated heterocycles. The van der Waals surface area contributed by atoms with Crippen LogP contribution in [0.2, 0.25) is 0 Å². The highest BCUT2D eigenvalue weighted by molar-refractivity contribution is 7.99. The van der Waals surface area contributed by atoms with Crippen LogP contribution in [0.5, 0.6) is 0 Å². The fraction of sp³-hybridized carbons (Fsp3) is 0.562. The Balaban J connectivity index is 0.00000210. The van der Waals surface area contributed by atoms with Crippen LogP contribution in [0.4, 0.5) is 0 Å². The molecule has 27 heavy (non-hydrogen) atoms. The Hall–Kier alpha value is -1.43. The van der Waals surface area contributed by atoms with Crippen molar-refractivity contribution in [1.82, 2.24) is 5.32 Å². The Morgan fingerprint density at radius 2 is 2.00 bits per heavy atom. The van der Waals surface area contributed by atoms with Crippen molar-refractivity contribution in [2.24, 2.45) is 0 Å². The molecule has 1 amide bonds. The number of carbonyl (C=O) groups is 1. The minimum atomic E-state index is -0.828. The van der Waals surface area contributed by atoms with Crippen molar-refractivity contribution in [3.8, 4) is 0 Å². The van der Waals surface area contributed by atoms with Gasteiger partial charge in [-0.25, -0.2) is 4.79 Å². The van der Waals surface area contributed by atoms with Crippen LogP contribution >= 0.6 is 11.8 Å². The van der Waals surface area contributed by atoms with Crippen LogP contribution in [0.25, 0.3) is 0 Å². The molecule has 1 aromatic carbocycles. The lowest BCUT2D eigenvalue weighted by atomic mass is 10.1. The maximum Gasteiger partial charge on any atom is 0.328 e. The molecule has 0 bridgehead atoms. The maximum absolute atomic E-state index is 12.6. The predicted molar refractivity (Wildman–Crippen MR) is 90.6 cm³/mol. The standard InChI is InChI=1S/C16H19N3O6S.ClH/c20-15(11-8-26-16(18-11)9-4-2-1-3-5-9)17-10-6-23-14-12(25-19(21)22)7-24-13(10)14;/h1-5,10-14,16,18H,6-8H2,(H,17,20);1H/t10-,11-,12-,13+,14+,16+;/m0./s1. The van der Waals surface area contributed by atoms with Crippen LogP contribution in [-0.2, 0) is 19.1 Å². The van der Waals surface area contributed by atoms with Crippen molar-refractivity contribution in [1.29, 1.82) is 0 Å². The van der Waals surface area contributed by atoms with Gasteiger partial charge in [0.15, 0.2) is 6.10 Å². The van der Waals surface area contributed by atoms with Gasteiger partial charge in [-0.2, -0.15) is 0 Å². The summed E-state index contributed by atoms with van der Waals surface area (Å²) < 4.78 is 11.2. The number of ether oxygens (including phenoxy) is 2. The van der Waals surface area contributed by atoms with E-state index < -0.39 is 17.3 Å². The summed E-state index contributed by atoms with van der Waals surface area (Å²) in [4.78, 5) is 27.8. The van der Waals surface area contributed by atoms with Gasteiger partial charge in [0, 0.05) is 5.75 Å². The van der Waals surface area contributed by atoms with Crippen LogP contribution in [-0.4, -0.2) is 60.4 Å². The highest BCUT2D eigenvalue weighted by atomic mass is 35.5. The number of halogens is 1. The van der Waals surface area contributed by atoms with E-state index in [0.717, 1.165) is 5.56 Å². The first kappa shape index (κ1) is 20.3. The smallest absolute Gasteiger partial charge is 0.328 e. The zero-order chi connectivity index (χ0) is 18.1. The molecule has 148 valence electrons. The van der Waals surface area contributed by atoms with Gasteiger partial charge in [0.05, 0.1) is 12.0 Å². The number of thioether (sulfide) groups is 1. The molecule has 0 aliphatic carbocycles. The maximum atomic E-state index is 12.6. The van der Waals surface area contributed by atoms with Gasteiger partial charge >= 0.3 is 5.91 Å². The van der Waals surface area contributed by atoms with E-state index in [1.165, 1.54) is 0 Å². The summed E-state index contributed by atoms with van der Waals surface area (Å²) in [7, 11) is 0. The molecular formula is C16H20ClN3O6S. The summed E-state index contributed by atoms with van der Waals surface area (Å²) in [5.41, 5.74) is 1.15. The fourth-order valence-corrected chi connectivity index (χ4v) is 4.88. The molecule has 11 heteroatoms. The van der Waals surface area contributed by atoms with Gasteiger partial charge in [0.25, 0.3) is 5.09 Å². The third kappa shape index (κ3) is 4.36. The number of hydrogen-bond acceptors (Lipinski definition) is 8. The molecule has 3 heterocycles. The summed E-state index contributed by atoms with van der Waals surface area (Å²) in [6, 6.07) is 9.54. The molecule has 0 radical (unpaired) electrons. The Morgan fingerprint density at radius 1 is 1.26 bits per heavy atom. The number of benzene rings is 1. The first-order valence-electron chi connectivity index (χ1n) is 8.47. The summed E-state index contributed by atoms with van der Waals surface area (Å²) in [6.45, 7) is 0.406. The van der Waals surface area contributed by atoms with E-state index in [1.54, 1.807) is 17.1 Å². The number of nitrogens with two attached hydrogens (primary N) is 1. The molecule has 0 saturated carbocycles. The molecule has 0 aromatic heterocycles. The molecule has 4 rings (SSSR count). The molecule has 0 unspecified atom stereocenters. The second-order valence-corrected chi connectivity index (χ2v) is 7.68. The van der Waals surface area contributed by atoms with Crippen molar-refractivity contribution in [3.05, 3.63) is 46.0 Å². The van der Waals surface area contributed by atoms with E-state index in [-0.39, 0.29) is 48.5 Å². The molecule has 9 nitrogen and oxygen atoms in total. The average molecular weight is 418 g/mol.